The molecule has 29 heavy (non-hydrogen) atoms. The second kappa shape index (κ2) is 8.65. The molecular formula is C23H23N3O3. The SMILES string of the molecule is CCN(Cc1ccccc1)c1cncc(C(=O)Nc2ccc3c(c2)OCCO3)c1. The van der Waals surface area contributed by atoms with E-state index in [1.807, 2.05) is 24.3 Å². The van der Waals surface area contributed by atoms with Gasteiger partial charge in [-0.15, -0.1) is 0 Å². The second-order valence-electron chi connectivity index (χ2n) is 6.74. The molecule has 1 aromatic heterocycles. The van der Waals surface area contributed by atoms with Crippen LogP contribution in [0.2, 0.25) is 0 Å². The minimum atomic E-state index is -0.216. The van der Waals surface area contributed by atoms with Gasteiger partial charge in [-0.3, -0.25) is 9.78 Å². The number of amides is 1. The molecule has 1 N–H and O–H groups in total. The smallest absolute Gasteiger partial charge is 0.257 e. The third kappa shape index (κ3) is 4.48. The molecule has 3 aromatic rings. The lowest BCUT2D eigenvalue weighted by Gasteiger charge is -2.23. The Balaban J connectivity index is 1.49. The van der Waals surface area contributed by atoms with E-state index in [9.17, 15) is 4.79 Å². The fourth-order valence-corrected chi connectivity index (χ4v) is 3.24. The standard InChI is InChI=1S/C23H23N3O3/c1-2-26(16-17-6-4-3-5-7-17)20-12-18(14-24-15-20)23(27)25-19-8-9-21-22(13-19)29-11-10-28-21/h3-9,12-15H,2,10-11,16H2,1H3,(H,25,27). The summed E-state index contributed by atoms with van der Waals surface area (Å²) in [4.78, 5) is 19.2. The van der Waals surface area contributed by atoms with Gasteiger partial charge >= 0.3 is 0 Å². The third-order valence-corrected chi connectivity index (χ3v) is 4.75. The molecule has 1 aliphatic rings. The van der Waals surface area contributed by atoms with Gasteiger partial charge < -0.3 is 19.7 Å². The molecule has 1 aliphatic heterocycles. The molecule has 6 heteroatoms. The number of carbonyl (C=O) groups is 1. The number of carbonyl (C=O) groups excluding carboxylic acids is 1. The Labute approximate surface area is 170 Å². The van der Waals surface area contributed by atoms with Gasteiger partial charge in [0.1, 0.15) is 13.2 Å². The average molecular weight is 389 g/mol. The molecule has 4 rings (SSSR count). The minimum Gasteiger partial charge on any atom is -0.486 e. The van der Waals surface area contributed by atoms with Crippen molar-refractivity contribution in [2.24, 2.45) is 0 Å². The zero-order chi connectivity index (χ0) is 20.1. The van der Waals surface area contributed by atoms with Gasteiger partial charge in [-0.2, -0.15) is 0 Å². The largest absolute Gasteiger partial charge is 0.486 e. The summed E-state index contributed by atoms with van der Waals surface area (Å²) in [6.45, 7) is 4.69. The number of hydrogen-bond acceptors (Lipinski definition) is 5. The van der Waals surface area contributed by atoms with Crippen LogP contribution in [0.5, 0.6) is 11.5 Å². The maximum Gasteiger partial charge on any atom is 0.257 e. The van der Waals surface area contributed by atoms with E-state index in [-0.39, 0.29) is 5.91 Å². The highest BCUT2D eigenvalue weighted by Crippen LogP contribution is 2.32. The quantitative estimate of drug-likeness (QED) is 0.687. The van der Waals surface area contributed by atoms with Crippen molar-refractivity contribution < 1.29 is 14.3 Å². The molecule has 2 aromatic carbocycles. The lowest BCUT2D eigenvalue weighted by atomic mass is 10.2. The van der Waals surface area contributed by atoms with Crippen LogP contribution in [0.1, 0.15) is 22.8 Å². The fraction of sp³-hybridized carbons (Fsp3) is 0.217. The minimum absolute atomic E-state index is 0.216. The molecule has 0 atom stereocenters. The van der Waals surface area contributed by atoms with E-state index in [1.165, 1.54) is 5.56 Å². The average Bonchev–Trinajstić information content (AvgIpc) is 2.78. The van der Waals surface area contributed by atoms with Crippen LogP contribution in [0, 0.1) is 0 Å². The number of ether oxygens (including phenoxy) is 2. The van der Waals surface area contributed by atoms with Crippen LogP contribution in [0.25, 0.3) is 0 Å². The number of fused-ring (bicyclic) bond motifs is 1. The van der Waals surface area contributed by atoms with Crippen LogP contribution < -0.4 is 19.7 Å². The van der Waals surface area contributed by atoms with Crippen LogP contribution in [-0.2, 0) is 6.54 Å². The number of rotatable bonds is 6. The number of nitrogens with one attached hydrogen (secondary N) is 1. The van der Waals surface area contributed by atoms with Crippen molar-refractivity contribution in [2.75, 3.05) is 30.0 Å². The van der Waals surface area contributed by atoms with Gasteiger partial charge in [-0.05, 0) is 30.7 Å². The summed E-state index contributed by atoms with van der Waals surface area (Å²) in [5, 5.41) is 2.91. The Morgan fingerprint density at radius 2 is 1.83 bits per heavy atom. The van der Waals surface area contributed by atoms with E-state index < -0.39 is 0 Å². The zero-order valence-corrected chi connectivity index (χ0v) is 16.3. The molecule has 0 spiro atoms. The van der Waals surface area contributed by atoms with Crippen LogP contribution >= 0.6 is 0 Å². The van der Waals surface area contributed by atoms with E-state index >= 15 is 0 Å². The highest BCUT2D eigenvalue weighted by molar-refractivity contribution is 6.04. The van der Waals surface area contributed by atoms with Crippen molar-refractivity contribution in [3.05, 3.63) is 78.1 Å². The first-order chi connectivity index (χ1) is 14.2. The molecular weight excluding hydrogens is 366 g/mol. The number of aromatic nitrogens is 1. The topological polar surface area (TPSA) is 63.7 Å². The molecule has 0 fully saturated rings. The Morgan fingerprint density at radius 1 is 1.03 bits per heavy atom. The molecule has 0 unspecified atom stereocenters. The van der Waals surface area contributed by atoms with Crippen molar-refractivity contribution in [1.29, 1.82) is 0 Å². The summed E-state index contributed by atoms with van der Waals surface area (Å²) in [6.07, 6.45) is 3.36. The number of anilines is 2. The Hall–Kier alpha value is -3.54. The third-order valence-electron chi connectivity index (χ3n) is 4.75. The summed E-state index contributed by atoms with van der Waals surface area (Å²) in [5.41, 5.74) is 3.27. The van der Waals surface area contributed by atoms with Gasteiger partial charge in [0.15, 0.2) is 11.5 Å². The summed E-state index contributed by atoms with van der Waals surface area (Å²) < 4.78 is 11.1. The molecule has 0 aliphatic carbocycles. The van der Waals surface area contributed by atoms with Crippen molar-refractivity contribution >= 4 is 17.3 Å². The first-order valence-electron chi connectivity index (χ1n) is 9.68. The maximum absolute atomic E-state index is 12.8. The summed E-state index contributed by atoms with van der Waals surface area (Å²) in [6, 6.07) is 17.5. The molecule has 148 valence electrons. The molecule has 2 heterocycles. The lowest BCUT2D eigenvalue weighted by Crippen LogP contribution is -2.23. The number of hydrogen-bond donors (Lipinski definition) is 1. The maximum atomic E-state index is 12.8. The van der Waals surface area contributed by atoms with E-state index in [2.05, 4.69) is 34.3 Å². The zero-order valence-electron chi connectivity index (χ0n) is 16.3. The molecule has 0 radical (unpaired) electrons. The van der Waals surface area contributed by atoms with Gasteiger partial charge in [-0.25, -0.2) is 0 Å². The Kier molecular flexibility index (Phi) is 5.61. The first-order valence-corrected chi connectivity index (χ1v) is 9.68. The predicted octanol–water partition coefficient (Wildman–Crippen LogP) is 4.13. The number of benzene rings is 2. The van der Waals surface area contributed by atoms with Crippen LogP contribution in [0.4, 0.5) is 11.4 Å². The molecule has 6 nitrogen and oxygen atoms in total. The van der Waals surface area contributed by atoms with Crippen molar-refractivity contribution in [1.82, 2.24) is 4.98 Å². The van der Waals surface area contributed by atoms with E-state index in [4.69, 9.17) is 9.47 Å². The summed E-state index contributed by atoms with van der Waals surface area (Å²) in [5.74, 6) is 1.12. The molecule has 1 amide bonds. The Morgan fingerprint density at radius 3 is 2.62 bits per heavy atom. The van der Waals surface area contributed by atoms with Gasteiger partial charge in [0, 0.05) is 31.0 Å². The van der Waals surface area contributed by atoms with Crippen LogP contribution in [0.3, 0.4) is 0 Å². The van der Waals surface area contributed by atoms with E-state index in [0.29, 0.717) is 36.0 Å². The van der Waals surface area contributed by atoms with Crippen LogP contribution in [-0.4, -0.2) is 30.6 Å². The van der Waals surface area contributed by atoms with Gasteiger partial charge in [0.2, 0.25) is 0 Å². The highest BCUT2D eigenvalue weighted by Gasteiger charge is 2.15. The monoisotopic (exact) mass is 389 g/mol. The van der Waals surface area contributed by atoms with Crippen molar-refractivity contribution in [2.45, 2.75) is 13.5 Å². The lowest BCUT2D eigenvalue weighted by molar-refractivity contribution is 0.102. The summed E-state index contributed by atoms with van der Waals surface area (Å²) in [7, 11) is 0. The fourth-order valence-electron chi connectivity index (χ4n) is 3.24. The van der Waals surface area contributed by atoms with E-state index in [0.717, 1.165) is 18.8 Å². The number of pyridine rings is 1. The molecule has 0 saturated carbocycles. The predicted molar refractivity (Wildman–Crippen MR) is 113 cm³/mol. The first kappa shape index (κ1) is 18.8. The van der Waals surface area contributed by atoms with E-state index in [1.54, 1.807) is 30.6 Å². The van der Waals surface area contributed by atoms with Gasteiger partial charge in [-0.1, -0.05) is 30.3 Å². The number of nitrogens with zero attached hydrogens (tertiary/aromatic N) is 2. The summed E-state index contributed by atoms with van der Waals surface area (Å²) >= 11 is 0. The van der Waals surface area contributed by atoms with Crippen molar-refractivity contribution in [3.63, 3.8) is 0 Å². The second-order valence-corrected chi connectivity index (χ2v) is 6.74. The highest BCUT2D eigenvalue weighted by atomic mass is 16.6. The normalized spacial score (nSPS) is 12.3. The Bertz CT molecular complexity index is 992. The van der Waals surface area contributed by atoms with Crippen molar-refractivity contribution in [3.8, 4) is 11.5 Å². The molecule has 0 saturated heterocycles. The molecule has 0 bridgehead atoms. The van der Waals surface area contributed by atoms with Gasteiger partial charge in [0.05, 0.1) is 17.4 Å². The van der Waals surface area contributed by atoms with Gasteiger partial charge in [0.25, 0.3) is 5.91 Å². The van der Waals surface area contributed by atoms with Crippen LogP contribution in [0.15, 0.2) is 67.0 Å².